The highest BCUT2D eigenvalue weighted by Crippen LogP contribution is 2.31. The van der Waals surface area contributed by atoms with Crippen LogP contribution in [0.5, 0.6) is 0 Å². The van der Waals surface area contributed by atoms with Crippen LogP contribution >= 0.6 is 0 Å². The second-order valence-corrected chi connectivity index (χ2v) is 8.95. The summed E-state index contributed by atoms with van der Waals surface area (Å²) < 4.78 is 0. The normalized spacial score (nSPS) is 10.8. The molecule has 0 saturated heterocycles. The Bertz CT molecular complexity index is 1580. The molecule has 0 heteroatoms. The van der Waals surface area contributed by atoms with Crippen molar-refractivity contribution in [3.05, 3.63) is 158 Å². The quantitative estimate of drug-likeness (QED) is 0.242. The van der Waals surface area contributed by atoms with Crippen LogP contribution in [0.1, 0.15) is 0 Å². The fourth-order valence-electron chi connectivity index (χ4n) is 4.63. The third-order valence-corrected chi connectivity index (χ3v) is 6.60. The van der Waals surface area contributed by atoms with Crippen LogP contribution in [0, 0.1) is 6.07 Å². The predicted octanol–water partition coefficient (Wildman–Crippen LogP) is 9.82. The first-order valence-corrected chi connectivity index (χ1v) is 12.3. The van der Waals surface area contributed by atoms with E-state index >= 15 is 0 Å². The molecule has 0 heterocycles. The monoisotopic (exact) mass is 457 g/mol. The second-order valence-electron chi connectivity index (χ2n) is 8.95. The molecule has 0 unspecified atom stereocenters. The predicted molar refractivity (Wildman–Crippen MR) is 152 cm³/mol. The van der Waals surface area contributed by atoms with E-state index in [-0.39, 0.29) is 0 Å². The highest BCUT2D eigenvalue weighted by atomic mass is 14.1. The van der Waals surface area contributed by atoms with Crippen LogP contribution in [0.2, 0.25) is 0 Å². The maximum Gasteiger partial charge on any atom is -0.00143 e. The molecule has 6 aromatic carbocycles. The molecule has 36 heavy (non-hydrogen) atoms. The summed E-state index contributed by atoms with van der Waals surface area (Å²) in [5.41, 5.74) is 11.9. The molecule has 0 atom stereocenters. The Morgan fingerprint density at radius 2 is 0.583 bits per heavy atom. The lowest BCUT2D eigenvalue weighted by molar-refractivity contribution is 1.56. The maximum atomic E-state index is 3.63. The van der Waals surface area contributed by atoms with Crippen molar-refractivity contribution in [3.8, 4) is 55.6 Å². The van der Waals surface area contributed by atoms with Gasteiger partial charge in [-0.15, -0.1) is 0 Å². The zero-order chi connectivity index (χ0) is 24.2. The molecule has 0 fully saturated rings. The van der Waals surface area contributed by atoms with Crippen molar-refractivity contribution in [2.24, 2.45) is 0 Å². The molecule has 169 valence electrons. The fourth-order valence-corrected chi connectivity index (χ4v) is 4.63. The summed E-state index contributed by atoms with van der Waals surface area (Å²) in [6, 6.07) is 57.3. The molecule has 0 amide bonds. The van der Waals surface area contributed by atoms with Crippen LogP contribution in [0.15, 0.2) is 152 Å². The highest BCUT2D eigenvalue weighted by molar-refractivity contribution is 5.77. The Kier molecular flexibility index (Phi) is 6.00. The Morgan fingerprint density at radius 1 is 0.250 bits per heavy atom. The first-order chi connectivity index (χ1) is 17.8. The molecule has 0 nitrogen and oxygen atoms in total. The van der Waals surface area contributed by atoms with Gasteiger partial charge in [0.2, 0.25) is 0 Å². The van der Waals surface area contributed by atoms with Gasteiger partial charge in [0.15, 0.2) is 0 Å². The van der Waals surface area contributed by atoms with Crippen molar-refractivity contribution in [2.75, 3.05) is 0 Å². The Balaban J connectivity index is 1.25. The molecule has 0 aliphatic rings. The lowest BCUT2D eigenvalue weighted by Crippen LogP contribution is -1.85. The van der Waals surface area contributed by atoms with Gasteiger partial charge >= 0.3 is 0 Å². The average molecular weight is 458 g/mol. The summed E-state index contributed by atoms with van der Waals surface area (Å²) in [7, 11) is 0. The van der Waals surface area contributed by atoms with E-state index in [1.807, 2.05) is 6.07 Å². The molecule has 0 N–H and O–H groups in total. The molecule has 0 saturated carbocycles. The lowest BCUT2D eigenvalue weighted by Gasteiger charge is -2.09. The summed E-state index contributed by atoms with van der Waals surface area (Å²) in [5.74, 6) is 0. The smallest absolute Gasteiger partial charge is 0.00143 e. The minimum absolute atomic E-state index is 1.10. The van der Waals surface area contributed by atoms with E-state index < -0.39 is 0 Å². The highest BCUT2D eigenvalue weighted by Gasteiger charge is 2.06. The van der Waals surface area contributed by atoms with Gasteiger partial charge < -0.3 is 0 Å². The molecule has 0 aliphatic carbocycles. The summed E-state index contributed by atoms with van der Waals surface area (Å²) in [6.45, 7) is 0. The van der Waals surface area contributed by atoms with E-state index in [4.69, 9.17) is 0 Å². The van der Waals surface area contributed by atoms with Crippen molar-refractivity contribution in [2.45, 2.75) is 0 Å². The minimum Gasteiger partial charge on any atom is -0.0622 e. The molecule has 0 bridgehead atoms. The number of hydrogen-bond donors (Lipinski definition) is 0. The molecule has 6 aromatic rings. The summed E-state index contributed by atoms with van der Waals surface area (Å²) in [6.07, 6.45) is 0. The van der Waals surface area contributed by atoms with Gasteiger partial charge in [0.05, 0.1) is 0 Å². The van der Waals surface area contributed by atoms with Gasteiger partial charge in [-0.25, -0.2) is 0 Å². The van der Waals surface area contributed by atoms with Crippen LogP contribution in [0.3, 0.4) is 0 Å². The third kappa shape index (κ3) is 4.62. The Hall–Kier alpha value is -4.68. The van der Waals surface area contributed by atoms with E-state index in [1.54, 1.807) is 0 Å². The van der Waals surface area contributed by atoms with Gasteiger partial charge in [0.25, 0.3) is 0 Å². The minimum atomic E-state index is 1.10. The van der Waals surface area contributed by atoms with Crippen LogP contribution in [-0.4, -0.2) is 0 Å². The van der Waals surface area contributed by atoms with Crippen molar-refractivity contribution >= 4 is 0 Å². The van der Waals surface area contributed by atoms with E-state index in [0.717, 1.165) is 11.1 Å². The SMILES string of the molecule is [c]1c(-c2ccc(-c3ccccc3)cc2)cccc1-c1ccc(-c2cccc(-c3ccccc3)c2)cc1. The van der Waals surface area contributed by atoms with Gasteiger partial charge in [0.1, 0.15) is 0 Å². The standard InChI is InChI=1S/C36H25/c1-3-9-27(10-4-1)29-17-19-30(20-18-29)35-15-8-16-36(26-35)32-23-21-31(22-24-32)34-14-7-13-33(25-34)28-11-5-2-6-12-28/h1-25H. The molecular formula is C36H25. The van der Waals surface area contributed by atoms with Crippen molar-refractivity contribution < 1.29 is 0 Å². The fraction of sp³-hybridized carbons (Fsp3) is 0. The second kappa shape index (κ2) is 9.90. The summed E-state index contributed by atoms with van der Waals surface area (Å²) in [4.78, 5) is 0. The molecule has 0 spiro atoms. The van der Waals surface area contributed by atoms with E-state index in [1.165, 1.54) is 44.5 Å². The van der Waals surface area contributed by atoms with Crippen molar-refractivity contribution in [1.82, 2.24) is 0 Å². The zero-order valence-corrected chi connectivity index (χ0v) is 19.9. The number of benzene rings is 6. The Labute approximate surface area is 213 Å². The summed E-state index contributed by atoms with van der Waals surface area (Å²) in [5, 5.41) is 0. The maximum absolute atomic E-state index is 3.63. The summed E-state index contributed by atoms with van der Waals surface area (Å²) >= 11 is 0. The Morgan fingerprint density at radius 3 is 1.08 bits per heavy atom. The molecule has 6 rings (SSSR count). The number of rotatable bonds is 5. The lowest BCUT2D eigenvalue weighted by atomic mass is 9.95. The number of hydrogen-bond acceptors (Lipinski definition) is 0. The molecule has 0 aliphatic heterocycles. The first kappa shape index (κ1) is 21.8. The zero-order valence-electron chi connectivity index (χ0n) is 19.9. The average Bonchev–Trinajstić information content (AvgIpc) is 2.98. The van der Waals surface area contributed by atoms with Gasteiger partial charge in [-0.3, -0.25) is 0 Å². The van der Waals surface area contributed by atoms with Gasteiger partial charge in [-0.1, -0.05) is 146 Å². The van der Waals surface area contributed by atoms with Gasteiger partial charge in [0, 0.05) is 0 Å². The molecular weight excluding hydrogens is 432 g/mol. The largest absolute Gasteiger partial charge is 0.0622 e. The van der Waals surface area contributed by atoms with Crippen LogP contribution < -0.4 is 0 Å². The van der Waals surface area contributed by atoms with Crippen molar-refractivity contribution in [3.63, 3.8) is 0 Å². The third-order valence-electron chi connectivity index (χ3n) is 6.60. The van der Waals surface area contributed by atoms with Gasteiger partial charge in [-0.2, -0.15) is 0 Å². The van der Waals surface area contributed by atoms with E-state index in [9.17, 15) is 0 Å². The van der Waals surface area contributed by atoms with E-state index in [2.05, 4.69) is 152 Å². The topological polar surface area (TPSA) is 0 Å². The molecule has 1 radical (unpaired) electrons. The van der Waals surface area contributed by atoms with Crippen LogP contribution in [-0.2, 0) is 0 Å². The van der Waals surface area contributed by atoms with Gasteiger partial charge in [-0.05, 0) is 67.8 Å². The van der Waals surface area contributed by atoms with Crippen LogP contribution in [0.25, 0.3) is 55.6 Å². The van der Waals surface area contributed by atoms with E-state index in [0.29, 0.717) is 0 Å². The first-order valence-electron chi connectivity index (χ1n) is 12.3. The molecule has 0 aromatic heterocycles. The van der Waals surface area contributed by atoms with Crippen LogP contribution in [0.4, 0.5) is 0 Å². The van der Waals surface area contributed by atoms with Crippen molar-refractivity contribution in [1.29, 1.82) is 0 Å².